The predicted octanol–water partition coefficient (Wildman–Crippen LogP) is 4.08. The summed E-state index contributed by atoms with van der Waals surface area (Å²) in [4.78, 5) is 30.0. The van der Waals surface area contributed by atoms with Crippen LogP contribution in [0.5, 0.6) is 5.88 Å². The van der Waals surface area contributed by atoms with Crippen molar-refractivity contribution in [3.63, 3.8) is 0 Å². The number of carboxylic acid groups (broad SMARTS) is 1. The normalized spacial score (nSPS) is 13.6. The summed E-state index contributed by atoms with van der Waals surface area (Å²) in [6.45, 7) is 5.31. The molecule has 0 radical (unpaired) electrons. The minimum atomic E-state index is -1.12. The van der Waals surface area contributed by atoms with Crippen molar-refractivity contribution in [2.75, 3.05) is 17.3 Å². The fraction of sp³-hybridized carbons (Fsp3) is 0.364. The van der Waals surface area contributed by atoms with E-state index >= 15 is 0 Å². The lowest BCUT2D eigenvalue weighted by molar-refractivity contribution is 0.0587. The summed E-state index contributed by atoms with van der Waals surface area (Å²) < 4.78 is 12.7. The molecule has 1 amide bonds. The average molecular weight is 439 g/mol. The zero-order valence-corrected chi connectivity index (χ0v) is 18.3. The van der Waals surface area contributed by atoms with Gasteiger partial charge in [0.05, 0.1) is 11.7 Å². The van der Waals surface area contributed by atoms with Crippen molar-refractivity contribution in [2.45, 2.75) is 45.3 Å². The standard InChI is InChI=1S/C22H25N5O5/c1-22(2,3)32-21(30)26(4)18-11-13(10-17-15(20(28)29)12-24-27(17)18)25-16-6-5-9-23-19(16)31-14-7-8-14/h5-6,9-12,14,25H,7-8H2,1-4H3,(H,28,29). The van der Waals surface area contributed by atoms with E-state index in [1.54, 1.807) is 52.2 Å². The number of amides is 1. The first-order valence-electron chi connectivity index (χ1n) is 10.2. The molecule has 0 aliphatic heterocycles. The van der Waals surface area contributed by atoms with Gasteiger partial charge in [0.15, 0.2) is 0 Å². The molecule has 0 unspecified atom stereocenters. The van der Waals surface area contributed by atoms with Gasteiger partial charge < -0.3 is 19.9 Å². The maximum absolute atomic E-state index is 12.7. The van der Waals surface area contributed by atoms with Crippen LogP contribution in [0.25, 0.3) is 5.52 Å². The number of hydrogen-bond acceptors (Lipinski definition) is 7. The van der Waals surface area contributed by atoms with E-state index in [1.165, 1.54) is 15.6 Å². The summed E-state index contributed by atoms with van der Waals surface area (Å²) in [5.74, 6) is -0.327. The molecule has 2 N–H and O–H groups in total. The Morgan fingerprint density at radius 3 is 2.69 bits per heavy atom. The van der Waals surface area contributed by atoms with Crippen LogP contribution in [0, 0.1) is 0 Å². The van der Waals surface area contributed by atoms with Gasteiger partial charge in [-0.3, -0.25) is 4.90 Å². The van der Waals surface area contributed by atoms with Gasteiger partial charge in [-0.1, -0.05) is 0 Å². The first kappa shape index (κ1) is 21.4. The third-order valence-corrected chi connectivity index (χ3v) is 4.69. The smallest absolute Gasteiger partial charge is 0.415 e. The molecule has 4 rings (SSSR count). The van der Waals surface area contributed by atoms with Crippen LogP contribution in [0.15, 0.2) is 36.7 Å². The molecule has 32 heavy (non-hydrogen) atoms. The molecule has 168 valence electrons. The van der Waals surface area contributed by atoms with Crippen molar-refractivity contribution in [1.82, 2.24) is 14.6 Å². The summed E-state index contributed by atoms with van der Waals surface area (Å²) in [7, 11) is 1.54. The fourth-order valence-corrected chi connectivity index (χ4v) is 3.05. The average Bonchev–Trinajstić information content (AvgIpc) is 3.42. The number of ether oxygens (including phenoxy) is 2. The first-order valence-corrected chi connectivity index (χ1v) is 10.2. The Morgan fingerprint density at radius 2 is 2.03 bits per heavy atom. The number of carbonyl (C=O) groups excluding carboxylic acids is 1. The largest absolute Gasteiger partial charge is 0.478 e. The van der Waals surface area contributed by atoms with Crippen molar-refractivity contribution < 1.29 is 24.2 Å². The second-order valence-corrected chi connectivity index (χ2v) is 8.60. The van der Waals surface area contributed by atoms with Gasteiger partial charge in [0, 0.05) is 25.0 Å². The SMILES string of the molecule is CN(C(=O)OC(C)(C)C)c1cc(Nc2cccnc2OC2CC2)cc2c(C(=O)O)cnn12. The van der Waals surface area contributed by atoms with Gasteiger partial charge in [-0.05, 0) is 51.8 Å². The van der Waals surface area contributed by atoms with Crippen molar-refractivity contribution in [3.8, 4) is 5.88 Å². The number of carbonyl (C=O) groups is 2. The summed E-state index contributed by atoms with van der Waals surface area (Å²) in [5, 5.41) is 17.0. The van der Waals surface area contributed by atoms with Gasteiger partial charge in [0.2, 0.25) is 5.88 Å². The molecule has 1 saturated carbocycles. The van der Waals surface area contributed by atoms with Crippen LogP contribution >= 0.6 is 0 Å². The minimum Gasteiger partial charge on any atom is -0.478 e. The predicted molar refractivity (Wildman–Crippen MR) is 118 cm³/mol. The minimum absolute atomic E-state index is 0.00753. The van der Waals surface area contributed by atoms with Gasteiger partial charge in [-0.15, -0.1) is 0 Å². The third kappa shape index (κ3) is 4.58. The number of aromatic nitrogens is 3. The Bertz CT molecular complexity index is 1180. The van der Waals surface area contributed by atoms with E-state index in [4.69, 9.17) is 9.47 Å². The monoisotopic (exact) mass is 439 g/mol. The van der Waals surface area contributed by atoms with Crippen molar-refractivity contribution >= 4 is 34.8 Å². The third-order valence-electron chi connectivity index (χ3n) is 4.69. The Morgan fingerprint density at radius 1 is 1.28 bits per heavy atom. The highest BCUT2D eigenvalue weighted by molar-refractivity contribution is 5.97. The highest BCUT2D eigenvalue weighted by atomic mass is 16.6. The first-order chi connectivity index (χ1) is 15.1. The Kier molecular flexibility index (Phi) is 5.37. The molecule has 0 saturated heterocycles. The molecule has 10 heteroatoms. The maximum atomic E-state index is 12.7. The lowest BCUT2D eigenvalue weighted by atomic mass is 10.2. The Hall–Kier alpha value is -3.82. The molecule has 0 atom stereocenters. The van der Waals surface area contributed by atoms with Crippen molar-refractivity contribution in [3.05, 3.63) is 42.2 Å². The second-order valence-electron chi connectivity index (χ2n) is 8.60. The number of nitrogens with zero attached hydrogens (tertiary/aromatic N) is 4. The summed E-state index contributed by atoms with van der Waals surface area (Å²) in [5.41, 5.74) is 0.807. The highest BCUT2D eigenvalue weighted by Gasteiger charge is 2.26. The topological polar surface area (TPSA) is 118 Å². The van der Waals surface area contributed by atoms with Gasteiger partial charge >= 0.3 is 12.1 Å². The van der Waals surface area contributed by atoms with E-state index in [1.807, 2.05) is 6.07 Å². The zero-order chi connectivity index (χ0) is 23.0. The highest BCUT2D eigenvalue weighted by Crippen LogP contribution is 2.33. The molecular formula is C22H25N5O5. The number of nitrogens with one attached hydrogen (secondary N) is 1. The van der Waals surface area contributed by atoms with Gasteiger partial charge in [-0.2, -0.15) is 5.10 Å². The molecule has 0 aromatic carbocycles. The van der Waals surface area contributed by atoms with Gasteiger partial charge in [0.1, 0.15) is 28.8 Å². The molecule has 1 aliphatic carbocycles. The van der Waals surface area contributed by atoms with Crippen LogP contribution in [-0.4, -0.2) is 50.5 Å². The molecule has 0 spiro atoms. The fourth-order valence-electron chi connectivity index (χ4n) is 3.05. The van der Waals surface area contributed by atoms with Gasteiger partial charge in [0.25, 0.3) is 0 Å². The van der Waals surface area contributed by atoms with Crippen LogP contribution in [0.3, 0.4) is 0 Å². The van der Waals surface area contributed by atoms with E-state index in [0.717, 1.165) is 12.8 Å². The number of anilines is 3. The molecule has 1 fully saturated rings. The van der Waals surface area contributed by atoms with Crippen LogP contribution in [-0.2, 0) is 4.74 Å². The van der Waals surface area contributed by atoms with Gasteiger partial charge in [-0.25, -0.2) is 19.1 Å². The van der Waals surface area contributed by atoms with E-state index < -0.39 is 17.7 Å². The number of fused-ring (bicyclic) bond motifs is 1. The lowest BCUT2D eigenvalue weighted by Crippen LogP contribution is -2.35. The quantitative estimate of drug-likeness (QED) is 0.590. The maximum Gasteiger partial charge on any atom is 0.415 e. The molecule has 3 aromatic rings. The van der Waals surface area contributed by atoms with Crippen LogP contribution in [0.4, 0.5) is 22.0 Å². The number of hydrogen-bond donors (Lipinski definition) is 2. The van der Waals surface area contributed by atoms with Crippen LogP contribution < -0.4 is 15.0 Å². The molecular weight excluding hydrogens is 414 g/mol. The molecule has 1 aliphatic rings. The summed E-state index contributed by atoms with van der Waals surface area (Å²) in [6, 6.07) is 6.93. The second kappa shape index (κ2) is 8.03. The van der Waals surface area contributed by atoms with E-state index in [9.17, 15) is 14.7 Å². The Balaban J connectivity index is 1.76. The lowest BCUT2D eigenvalue weighted by Gasteiger charge is -2.25. The Labute approximate surface area is 184 Å². The van der Waals surface area contributed by atoms with Crippen molar-refractivity contribution in [1.29, 1.82) is 0 Å². The summed E-state index contributed by atoms with van der Waals surface area (Å²) >= 11 is 0. The van der Waals surface area contributed by atoms with E-state index in [2.05, 4.69) is 15.4 Å². The molecule has 10 nitrogen and oxygen atoms in total. The van der Waals surface area contributed by atoms with E-state index in [-0.39, 0.29) is 11.7 Å². The number of aromatic carboxylic acids is 1. The molecule has 0 bridgehead atoms. The van der Waals surface area contributed by atoms with Crippen LogP contribution in [0.1, 0.15) is 44.0 Å². The van der Waals surface area contributed by atoms with Crippen LogP contribution in [0.2, 0.25) is 0 Å². The number of carboxylic acids is 1. The number of pyridine rings is 2. The molecule has 3 heterocycles. The van der Waals surface area contributed by atoms with E-state index in [0.29, 0.717) is 28.6 Å². The number of rotatable bonds is 6. The zero-order valence-electron chi connectivity index (χ0n) is 18.3. The van der Waals surface area contributed by atoms with Crippen molar-refractivity contribution in [2.24, 2.45) is 0 Å². The molecule has 3 aromatic heterocycles. The summed E-state index contributed by atoms with van der Waals surface area (Å²) in [6.07, 6.45) is 4.44.